The number of benzene rings is 1. The Morgan fingerprint density at radius 2 is 1.82 bits per heavy atom. The summed E-state index contributed by atoms with van der Waals surface area (Å²) in [6.07, 6.45) is 0.736. The van der Waals surface area contributed by atoms with Gasteiger partial charge < -0.3 is 10.2 Å². The first-order chi connectivity index (χ1) is 5.15. The molecule has 0 aliphatic rings. The maximum atomic E-state index is 9.30. The molecular formula is C9H12O2. The molecule has 2 heteroatoms. The van der Waals surface area contributed by atoms with Crippen molar-refractivity contribution in [1.82, 2.24) is 0 Å². The summed E-state index contributed by atoms with van der Waals surface area (Å²) in [4.78, 5) is 0. The number of aromatic hydroxyl groups is 2. The number of hydrogen-bond donors (Lipinski definition) is 2. The van der Waals surface area contributed by atoms with Crippen molar-refractivity contribution in [2.75, 3.05) is 0 Å². The van der Waals surface area contributed by atoms with Gasteiger partial charge in [0.05, 0.1) is 0 Å². The Kier molecular flexibility index (Phi) is 2.03. The van der Waals surface area contributed by atoms with E-state index in [1.165, 1.54) is 0 Å². The van der Waals surface area contributed by atoms with Crippen molar-refractivity contribution in [3.63, 3.8) is 0 Å². The zero-order chi connectivity index (χ0) is 8.43. The van der Waals surface area contributed by atoms with Gasteiger partial charge in [0.2, 0.25) is 0 Å². The topological polar surface area (TPSA) is 40.5 Å². The van der Waals surface area contributed by atoms with Crippen molar-refractivity contribution in [3.8, 4) is 11.5 Å². The van der Waals surface area contributed by atoms with Crippen molar-refractivity contribution in [3.05, 3.63) is 23.3 Å². The molecule has 0 saturated carbocycles. The third-order valence-electron chi connectivity index (χ3n) is 1.78. The molecule has 11 heavy (non-hydrogen) atoms. The lowest BCUT2D eigenvalue weighted by atomic mass is 10.1. The molecule has 0 aliphatic carbocycles. The van der Waals surface area contributed by atoms with Crippen LogP contribution in [0.2, 0.25) is 0 Å². The standard InChI is InChI=1S/C9H12O2/c1-3-7-5-8(10)6(2)4-9(7)11/h4-5,10-11H,3H2,1-2H3. The quantitative estimate of drug-likeness (QED) is 0.604. The molecule has 0 spiro atoms. The third-order valence-corrected chi connectivity index (χ3v) is 1.78. The van der Waals surface area contributed by atoms with Crippen molar-refractivity contribution in [1.29, 1.82) is 0 Å². The second-order valence-corrected chi connectivity index (χ2v) is 2.62. The molecule has 0 amide bonds. The second-order valence-electron chi connectivity index (χ2n) is 2.62. The molecule has 0 aromatic heterocycles. The summed E-state index contributed by atoms with van der Waals surface area (Å²) in [5, 5.41) is 18.5. The van der Waals surface area contributed by atoms with E-state index in [2.05, 4.69) is 0 Å². The Labute approximate surface area is 66.1 Å². The summed E-state index contributed by atoms with van der Waals surface area (Å²) in [5.41, 5.74) is 1.49. The van der Waals surface area contributed by atoms with Crippen LogP contribution >= 0.6 is 0 Å². The van der Waals surface area contributed by atoms with E-state index in [1.807, 2.05) is 6.92 Å². The highest BCUT2D eigenvalue weighted by molar-refractivity contribution is 5.44. The van der Waals surface area contributed by atoms with E-state index in [9.17, 15) is 10.2 Å². The summed E-state index contributed by atoms with van der Waals surface area (Å²) in [7, 11) is 0. The highest BCUT2D eigenvalue weighted by atomic mass is 16.3. The van der Waals surface area contributed by atoms with Gasteiger partial charge in [-0.15, -0.1) is 0 Å². The number of hydrogen-bond acceptors (Lipinski definition) is 2. The monoisotopic (exact) mass is 152 g/mol. The molecule has 1 aromatic rings. The molecule has 0 fully saturated rings. The number of phenolic OH excluding ortho intramolecular Hbond substituents is 2. The second kappa shape index (κ2) is 2.82. The normalized spacial score (nSPS) is 10.0. The Balaban J connectivity index is 3.21. The molecule has 60 valence electrons. The first kappa shape index (κ1) is 7.92. The SMILES string of the molecule is CCc1cc(O)c(C)cc1O. The Morgan fingerprint density at radius 1 is 1.18 bits per heavy atom. The van der Waals surface area contributed by atoms with Gasteiger partial charge in [0.25, 0.3) is 0 Å². The van der Waals surface area contributed by atoms with Gasteiger partial charge in [-0.05, 0) is 36.6 Å². The fourth-order valence-corrected chi connectivity index (χ4v) is 1.01. The Morgan fingerprint density at radius 3 is 2.36 bits per heavy atom. The molecule has 2 nitrogen and oxygen atoms in total. The molecule has 0 saturated heterocycles. The summed E-state index contributed by atoms with van der Waals surface area (Å²) >= 11 is 0. The van der Waals surface area contributed by atoms with Gasteiger partial charge in [0, 0.05) is 0 Å². The van der Waals surface area contributed by atoms with Crippen molar-refractivity contribution >= 4 is 0 Å². The van der Waals surface area contributed by atoms with Gasteiger partial charge >= 0.3 is 0 Å². The smallest absolute Gasteiger partial charge is 0.119 e. The molecule has 0 heterocycles. The van der Waals surface area contributed by atoms with Crippen LogP contribution in [-0.2, 0) is 6.42 Å². The van der Waals surface area contributed by atoms with Crippen molar-refractivity contribution in [2.24, 2.45) is 0 Å². The summed E-state index contributed by atoms with van der Waals surface area (Å²) in [6, 6.07) is 3.18. The molecule has 0 unspecified atom stereocenters. The molecule has 2 N–H and O–H groups in total. The number of phenols is 2. The molecule has 1 aromatic carbocycles. The van der Waals surface area contributed by atoms with Crippen molar-refractivity contribution < 1.29 is 10.2 Å². The minimum Gasteiger partial charge on any atom is -0.508 e. The molecule has 1 rings (SSSR count). The highest BCUT2D eigenvalue weighted by Gasteiger charge is 2.02. The molecule has 0 bridgehead atoms. The van der Waals surface area contributed by atoms with Crippen LogP contribution in [-0.4, -0.2) is 10.2 Å². The Bertz CT molecular complexity index is 267. The van der Waals surface area contributed by atoms with Crippen molar-refractivity contribution in [2.45, 2.75) is 20.3 Å². The average Bonchev–Trinajstić information content (AvgIpc) is 1.97. The summed E-state index contributed by atoms with van der Waals surface area (Å²) < 4.78 is 0. The van der Waals surface area contributed by atoms with Crippen LogP contribution in [0.15, 0.2) is 12.1 Å². The highest BCUT2D eigenvalue weighted by Crippen LogP contribution is 2.26. The maximum absolute atomic E-state index is 9.30. The van der Waals surface area contributed by atoms with Gasteiger partial charge in [0.1, 0.15) is 11.5 Å². The van der Waals surface area contributed by atoms with Gasteiger partial charge in [-0.3, -0.25) is 0 Å². The number of rotatable bonds is 1. The fraction of sp³-hybridized carbons (Fsp3) is 0.333. The minimum absolute atomic E-state index is 0.250. The van der Waals surface area contributed by atoms with E-state index < -0.39 is 0 Å². The number of aryl methyl sites for hydroxylation is 2. The van der Waals surface area contributed by atoms with Crippen LogP contribution in [0.25, 0.3) is 0 Å². The lowest BCUT2D eigenvalue weighted by Gasteiger charge is -2.04. The lowest BCUT2D eigenvalue weighted by Crippen LogP contribution is -1.83. The van der Waals surface area contributed by atoms with E-state index in [0.717, 1.165) is 12.0 Å². The predicted molar refractivity (Wildman–Crippen MR) is 43.9 cm³/mol. The molecule has 0 radical (unpaired) electrons. The molecular weight excluding hydrogens is 140 g/mol. The van der Waals surface area contributed by atoms with Gasteiger partial charge in [-0.1, -0.05) is 6.92 Å². The van der Waals surface area contributed by atoms with Crippen LogP contribution in [0.3, 0.4) is 0 Å². The van der Waals surface area contributed by atoms with Gasteiger partial charge in [0.15, 0.2) is 0 Å². The first-order valence-electron chi connectivity index (χ1n) is 3.66. The molecule has 0 atom stereocenters. The average molecular weight is 152 g/mol. The van der Waals surface area contributed by atoms with Crippen LogP contribution in [0.5, 0.6) is 11.5 Å². The lowest BCUT2D eigenvalue weighted by molar-refractivity contribution is 0.451. The Hall–Kier alpha value is -1.18. The van der Waals surface area contributed by atoms with Gasteiger partial charge in [-0.2, -0.15) is 0 Å². The van der Waals surface area contributed by atoms with E-state index in [4.69, 9.17) is 0 Å². The first-order valence-corrected chi connectivity index (χ1v) is 3.66. The van der Waals surface area contributed by atoms with E-state index in [0.29, 0.717) is 5.56 Å². The zero-order valence-electron chi connectivity index (χ0n) is 6.76. The maximum Gasteiger partial charge on any atom is 0.119 e. The van der Waals surface area contributed by atoms with E-state index in [1.54, 1.807) is 19.1 Å². The fourth-order valence-electron chi connectivity index (χ4n) is 1.01. The predicted octanol–water partition coefficient (Wildman–Crippen LogP) is 1.97. The zero-order valence-corrected chi connectivity index (χ0v) is 6.76. The van der Waals surface area contributed by atoms with Crippen LogP contribution in [0.1, 0.15) is 18.1 Å². The largest absolute Gasteiger partial charge is 0.508 e. The van der Waals surface area contributed by atoms with Crippen LogP contribution < -0.4 is 0 Å². The summed E-state index contributed by atoms with van der Waals surface area (Å²) in [6.45, 7) is 3.69. The van der Waals surface area contributed by atoms with E-state index in [-0.39, 0.29) is 11.5 Å². The van der Waals surface area contributed by atoms with Gasteiger partial charge in [-0.25, -0.2) is 0 Å². The minimum atomic E-state index is 0.250. The third kappa shape index (κ3) is 1.45. The molecule has 0 aliphatic heterocycles. The van der Waals surface area contributed by atoms with Crippen LogP contribution in [0.4, 0.5) is 0 Å². The summed E-state index contributed by atoms with van der Waals surface area (Å²) in [5.74, 6) is 0.516. The van der Waals surface area contributed by atoms with Crippen LogP contribution in [0, 0.1) is 6.92 Å². The van der Waals surface area contributed by atoms with E-state index >= 15 is 0 Å².